The fourth-order valence-corrected chi connectivity index (χ4v) is 6.04. The zero-order valence-corrected chi connectivity index (χ0v) is 17.7. The van der Waals surface area contributed by atoms with Gasteiger partial charge in [-0.2, -0.15) is 0 Å². The van der Waals surface area contributed by atoms with E-state index in [1.807, 2.05) is 0 Å². The highest BCUT2D eigenvalue weighted by molar-refractivity contribution is 8.00. The highest BCUT2D eigenvalue weighted by Gasteiger charge is 2.31. The van der Waals surface area contributed by atoms with Gasteiger partial charge in [0.15, 0.2) is 0 Å². The fourth-order valence-electron chi connectivity index (χ4n) is 3.97. The lowest BCUT2D eigenvalue weighted by Crippen LogP contribution is -2.48. The predicted molar refractivity (Wildman–Crippen MR) is 109 cm³/mol. The molecule has 0 aromatic carbocycles. The summed E-state index contributed by atoms with van der Waals surface area (Å²) in [4.78, 5) is 27.1. The molecule has 140 valence electrons. The Morgan fingerprint density at radius 3 is 2.50 bits per heavy atom. The summed E-state index contributed by atoms with van der Waals surface area (Å²) in [5, 5.41) is 2.17. The third-order valence-corrected chi connectivity index (χ3v) is 7.83. The number of rotatable bonds is 4. The van der Waals surface area contributed by atoms with Crippen molar-refractivity contribution in [2.24, 2.45) is 0 Å². The van der Waals surface area contributed by atoms with Gasteiger partial charge in [-0.3, -0.25) is 4.79 Å². The first-order valence-electron chi connectivity index (χ1n) is 9.67. The van der Waals surface area contributed by atoms with Gasteiger partial charge < -0.3 is 4.90 Å². The van der Waals surface area contributed by atoms with E-state index in [0.717, 1.165) is 33.9 Å². The number of amides is 1. The molecule has 1 saturated heterocycles. The van der Waals surface area contributed by atoms with E-state index in [1.165, 1.54) is 29.7 Å². The molecule has 6 heteroatoms. The Kier molecular flexibility index (Phi) is 4.99. The van der Waals surface area contributed by atoms with Crippen LogP contribution in [0.1, 0.15) is 68.1 Å². The van der Waals surface area contributed by atoms with E-state index in [4.69, 9.17) is 9.97 Å². The number of hydrogen-bond donors (Lipinski definition) is 0. The zero-order chi connectivity index (χ0) is 18.4. The van der Waals surface area contributed by atoms with Gasteiger partial charge in [0.1, 0.15) is 15.7 Å². The largest absolute Gasteiger partial charge is 0.337 e. The second-order valence-electron chi connectivity index (χ2n) is 7.84. The van der Waals surface area contributed by atoms with Crippen molar-refractivity contribution in [2.75, 3.05) is 5.75 Å². The second-order valence-corrected chi connectivity index (χ2v) is 10.0. The summed E-state index contributed by atoms with van der Waals surface area (Å²) in [5.74, 6) is 2.23. The highest BCUT2D eigenvalue weighted by Crippen LogP contribution is 2.42. The molecule has 0 spiro atoms. The minimum Gasteiger partial charge on any atom is -0.337 e. The summed E-state index contributed by atoms with van der Waals surface area (Å²) in [6, 6.07) is 0.703. The van der Waals surface area contributed by atoms with E-state index in [1.54, 1.807) is 23.1 Å². The molecule has 1 aliphatic carbocycles. The molecule has 2 aliphatic rings. The van der Waals surface area contributed by atoms with Crippen molar-refractivity contribution in [1.29, 1.82) is 0 Å². The number of carbonyl (C=O) groups excluding carboxylic acids is 1. The lowest BCUT2D eigenvalue weighted by Gasteiger charge is -2.39. The topological polar surface area (TPSA) is 46.1 Å². The van der Waals surface area contributed by atoms with Crippen molar-refractivity contribution in [3.63, 3.8) is 0 Å². The van der Waals surface area contributed by atoms with E-state index in [2.05, 4.69) is 32.6 Å². The van der Waals surface area contributed by atoms with Crippen molar-refractivity contribution in [2.45, 2.75) is 82.8 Å². The van der Waals surface area contributed by atoms with E-state index in [0.29, 0.717) is 23.8 Å². The lowest BCUT2D eigenvalue weighted by molar-refractivity contribution is -0.134. The Balaban J connectivity index is 1.59. The van der Waals surface area contributed by atoms with Crippen molar-refractivity contribution >= 4 is 39.2 Å². The molecule has 0 bridgehead atoms. The molecular formula is C20H27N3OS2. The van der Waals surface area contributed by atoms with Gasteiger partial charge in [0.05, 0.1) is 5.75 Å². The molecule has 1 aliphatic heterocycles. The number of carbonyl (C=O) groups is 1. The molecular weight excluding hydrogens is 362 g/mol. The summed E-state index contributed by atoms with van der Waals surface area (Å²) in [5.41, 5.74) is 1.27. The van der Waals surface area contributed by atoms with E-state index in [-0.39, 0.29) is 5.91 Å². The number of piperidine rings is 1. The minimum atomic E-state index is 0.249. The highest BCUT2D eigenvalue weighted by atomic mass is 32.2. The second kappa shape index (κ2) is 7.12. The van der Waals surface area contributed by atoms with E-state index >= 15 is 0 Å². The minimum absolute atomic E-state index is 0.249. The van der Waals surface area contributed by atoms with Crippen molar-refractivity contribution in [3.05, 3.63) is 16.3 Å². The standard InChI is InChI=1S/C20H27N3OS2/c1-11-6-5-7-12(2)23(11)16(24)10-25-19-17-13(3)14(4)26-20(17)22-18(21-19)15-8-9-15/h11-12,15H,5-10H2,1-4H3/t11-,12-/m0/s1. The molecule has 3 heterocycles. The lowest BCUT2D eigenvalue weighted by atomic mass is 9.98. The first kappa shape index (κ1) is 18.2. The normalized spacial score (nSPS) is 23.6. The Labute approximate surface area is 163 Å². The van der Waals surface area contributed by atoms with Gasteiger partial charge >= 0.3 is 0 Å². The number of nitrogens with zero attached hydrogens (tertiary/aromatic N) is 3. The van der Waals surface area contributed by atoms with Crippen LogP contribution in [-0.2, 0) is 4.79 Å². The number of thiophene rings is 1. The number of thioether (sulfide) groups is 1. The maximum atomic E-state index is 12.9. The number of hydrogen-bond acceptors (Lipinski definition) is 5. The first-order valence-corrected chi connectivity index (χ1v) is 11.5. The molecule has 1 saturated carbocycles. The molecule has 4 rings (SSSR count). The summed E-state index contributed by atoms with van der Waals surface area (Å²) >= 11 is 3.36. The number of likely N-dealkylation sites (tertiary alicyclic amines) is 1. The summed E-state index contributed by atoms with van der Waals surface area (Å²) in [7, 11) is 0. The SMILES string of the molecule is Cc1sc2nc(C3CC3)nc(SCC(=O)N3[C@@H](C)CCC[C@@H]3C)c2c1C. The van der Waals surface area contributed by atoms with Gasteiger partial charge in [0.25, 0.3) is 0 Å². The molecule has 2 atom stereocenters. The average molecular weight is 390 g/mol. The molecule has 0 N–H and O–H groups in total. The monoisotopic (exact) mass is 389 g/mol. The van der Waals surface area contributed by atoms with Crippen LogP contribution >= 0.6 is 23.1 Å². The Hall–Kier alpha value is -1.14. The average Bonchev–Trinajstić information content (AvgIpc) is 3.40. The van der Waals surface area contributed by atoms with Gasteiger partial charge in [0, 0.05) is 28.3 Å². The van der Waals surface area contributed by atoms with E-state index in [9.17, 15) is 4.79 Å². The summed E-state index contributed by atoms with van der Waals surface area (Å²) in [6.07, 6.45) is 5.85. The van der Waals surface area contributed by atoms with Crippen LogP contribution < -0.4 is 0 Å². The van der Waals surface area contributed by atoms with Crippen molar-refractivity contribution < 1.29 is 4.79 Å². The number of fused-ring (bicyclic) bond motifs is 1. The van der Waals surface area contributed by atoms with Crippen LogP contribution in [0.2, 0.25) is 0 Å². The van der Waals surface area contributed by atoms with Crippen LogP contribution in [0.5, 0.6) is 0 Å². The van der Waals surface area contributed by atoms with Gasteiger partial charge in [-0.15, -0.1) is 11.3 Å². The van der Waals surface area contributed by atoms with Gasteiger partial charge in [-0.05, 0) is 65.4 Å². The molecule has 4 nitrogen and oxygen atoms in total. The van der Waals surface area contributed by atoms with E-state index < -0.39 is 0 Å². The molecule has 1 amide bonds. The van der Waals surface area contributed by atoms with Crippen molar-refractivity contribution in [3.8, 4) is 0 Å². The maximum absolute atomic E-state index is 12.9. The third-order valence-electron chi connectivity index (χ3n) is 5.77. The Morgan fingerprint density at radius 1 is 1.15 bits per heavy atom. The maximum Gasteiger partial charge on any atom is 0.233 e. The van der Waals surface area contributed by atoms with Gasteiger partial charge in [-0.25, -0.2) is 9.97 Å². The first-order chi connectivity index (χ1) is 12.5. The summed E-state index contributed by atoms with van der Waals surface area (Å²) in [6.45, 7) is 8.65. The van der Waals surface area contributed by atoms with Crippen LogP contribution in [0, 0.1) is 13.8 Å². The number of aryl methyl sites for hydroxylation is 2. The zero-order valence-electron chi connectivity index (χ0n) is 16.0. The molecule has 2 aromatic heterocycles. The number of aromatic nitrogens is 2. The van der Waals surface area contributed by atoms with Crippen LogP contribution in [0.25, 0.3) is 10.2 Å². The molecule has 0 radical (unpaired) electrons. The molecule has 0 unspecified atom stereocenters. The Morgan fingerprint density at radius 2 is 1.85 bits per heavy atom. The van der Waals surface area contributed by atoms with Crippen molar-refractivity contribution in [1.82, 2.24) is 14.9 Å². The van der Waals surface area contributed by atoms with Crippen LogP contribution in [0.15, 0.2) is 5.03 Å². The predicted octanol–water partition coefficient (Wildman–Crippen LogP) is 5.07. The van der Waals surface area contributed by atoms with Crippen LogP contribution in [-0.4, -0.2) is 38.6 Å². The van der Waals surface area contributed by atoms with Crippen LogP contribution in [0.4, 0.5) is 0 Å². The van der Waals surface area contributed by atoms with Gasteiger partial charge in [0.2, 0.25) is 5.91 Å². The molecule has 26 heavy (non-hydrogen) atoms. The Bertz CT molecular complexity index is 833. The molecule has 2 fully saturated rings. The smallest absolute Gasteiger partial charge is 0.233 e. The quantitative estimate of drug-likeness (QED) is 0.541. The fraction of sp³-hybridized carbons (Fsp3) is 0.650. The van der Waals surface area contributed by atoms with Crippen LogP contribution in [0.3, 0.4) is 0 Å². The summed E-state index contributed by atoms with van der Waals surface area (Å²) < 4.78 is 0. The third kappa shape index (κ3) is 3.38. The molecule has 2 aromatic rings. The van der Waals surface area contributed by atoms with Gasteiger partial charge in [-0.1, -0.05) is 11.8 Å².